The Hall–Kier alpha value is -1.40. The van der Waals surface area contributed by atoms with Crippen molar-refractivity contribution in [2.45, 2.75) is 33.1 Å². The summed E-state index contributed by atoms with van der Waals surface area (Å²) in [5.74, 6) is 2.10. The van der Waals surface area contributed by atoms with E-state index in [0.717, 1.165) is 71.3 Å². The predicted octanol–water partition coefficient (Wildman–Crippen LogP) is 1.24. The molecule has 0 saturated carbocycles. The molecule has 1 aliphatic carbocycles. The van der Waals surface area contributed by atoms with E-state index in [9.17, 15) is 0 Å². The minimum Gasteiger partial charge on any atom is -0.378 e. The Morgan fingerprint density at radius 1 is 1.00 bits per heavy atom. The normalized spacial score (nSPS) is 23.9. The zero-order valence-corrected chi connectivity index (χ0v) is 15.0. The van der Waals surface area contributed by atoms with Crippen LogP contribution in [0.2, 0.25) is 0 Å². The highest BCUT2D eigenvalue weighted by Crippen LogP contribution is 2.38. The Morgan fingerprint density at radius 3 is 2.50 bits per heavy atom. The number of hydrogen-bond donors (Lipinski definition) is 1. The van der Waals surface area contributed by atoms with Gasteiger partial charge in [-0.2, -0.15) is 4.98 Å². The summed E-state index contributed by atoms with van der Waals surface area (Å²) >= 11 is 0. The fourth-order valence-electron chi connectivity index (χ4n) is 3.95. The second-order valence-corrected chi connectivity index (χ2v) is 7.95. The smallest absolute Gasteiger partial charge is 0.227 e. The van der Waals surface area contributed by atoms with Crippen molar-refractivity contribution in [2.75, 3.05) is 62.3 Å². The third-order valence-electron chi connectivity index (χ3n) is 5.47. The molecule has 6 heteroatoms. The van der Waals surface area contributed by atoms with Crippen LogP contribution >= 0.6 is 0 Å². The third-order valence-corrected chi connectivity index (χ3v) is 5.47. The number of anilines is 2. The van der Waals surface area contributed by atoms with Crippen molar-refractivity contribution in [1.29, 1.82) is 0 Å². The van der Waals surface area contributed by atoms with Crippen molar-refractivity contribution in [2.24, 2.45) is 5.41 Å². The van der Waals surface area contributed by atoms with Gasteiger partial charge in [-0.3, -0.25) is 0 Å². The van der Waals surface area contributed by atoms with Crippen LogP contribution in [0, 0.1) is 5.41 Å². The van der Waals surface area contributed by atoms with Crippen LogP contribution in [-0.2, 0) is 17.6 Å². The topological polar surface area (TPSA) is 53.5 Å². The molecule has 1 aromatic heterocycles. The Balaban J connectivity index is 1.72. The van der Waals surface area contributed by atoms with Gasteiger partial charge in [0.05, 0.1) is 18.9 Å². The average molecular weight is 331 g/mol. The standard InChI is InChI=1S/C18H29N5O/c1-18(2)4-3-14-15(13-18)20-17(23-9-11-24-12-10-23)21-16(14)22-7-5-19-6-8-22/h19H,3-13H2,1-2H3. The zero-order chi connectivity index (χ0) is 16.6. The molecule has 3 heterocycles. The molecule has 132 valence electrons. The first-order chi connectivity index (χ1) is 11.6. The molecular weight excluding hydrogens is 302 g/mol. The van der Waals surface area contributed by atoms with Crippen LogP contribution in [0.4, 0.5) is 11.8 Å². The van der Waals surface area contributed by atoms with Gasteiger partial charge in [-0.05, 0) is 24.7 Å². The van der Waals surface area contributed by atoms with E-state index >= 15 is 0 Å². The molecule has 0 bridgehead atoms. The van der Waals surface area contributed by atoms with Gasteiger partial charge < -0.3 is 19.9 Å². The zero-order valence-electron chi connectivity index (χ0n) is 15.0. The highest BCUT2D eigenvalue weighted by atomic mass is 16.5. The Bertz CT molecular complexity index is 591. The quantitative estimate of drug-likeness (QED) is 0.880. The molecule has 0 unspecified atom stereocenters. The summed E-state index contributed by atoms with van der Waals surface area (Å²) < 4.78 is 5.50. The van der Waals surface area contributed by atoms with Crippen LogP contribution in [0.3, 0.4) is 0 Å². The molecule has 2 aliphatic heterocycles. The van der Waals surface area contributed by atoms with E-state index in [0.29, 0.717) is 5.41 Å². The molecule has 2 fully saturated rings. The number of hydrogen-bond acceptors (Lipinski definition) is 6. The molecule has 6 nitrogen and oxygen atoms in total. The molecule has 2 saturated heterocycles. The van der Waals surface area contributed by atoms with Gasteiger partial charge in [0.25, 0.3) is 0 Å². The monoisotopic (exact) mass is 331 g/mol. The molecule has 3 aliphatic rings. The number of nitrogens with zero attached hydrogens (tertiary/aromatic N) is 4. The Morgan fingerprint density at radius 2 is 1.75 bits per heavy atom. The van der Waals surface area contributed by atoms with E-state index < -0.39 is 0 Å². The number of morpholine rings is 1. The summed E-state index contributed by atoms with van der Waals surface area (Å²) in [6.07, 6.45) is 3.38. The molecular formula is C18H29N5O. The highest BCUT2D eigenvalue weighted by molar-refractivity contribution is 5.55. The lowest BCUT2D eigenvalue weighted by atomic mass is 9.76. The maximum absolute atomic E-state index is 5.50. The lowest BCUT2D eigenvalue weighted by Gasteiger charge is -2.37. The number of rotatable bonds is 2. The molecule has 0 atom stereocenters. The first-order valence-electron chi connectivity index (χ1n) is 9.31. The van der Waals surface area contributed by atoms with Gasteiger partial charge in [0, 0.05) is 44.8 Å². The molecule has 0 amide bonds. The summed E-state index contributed by atoms with van der Waals surface area (Å²) in [4.78, 5) is 14.8. The maximum Gasteiger partial charge on any atom is 0.227 e. The fraction of sp³-hybridized carbons (Fsp3) is 0.778. The number of fused-ring (bicyclic) bond motifs is 1. The minimum absolute atomic E-state index is 0.338. The van der Waals surface area contributed by atoms with Gasteiger partial charge in [-0.25, -0.2) is 4.98 Å². The first kappa shape index (κ1) is 16.1. The van der Waals surface area contributed by atoms with E-state index in [2.05, 4.69) is 29.0 Å². The summed E-state index contributed by atoms with van der Waals surface area (Å²) in [5.41, 5.74) is 3.01. The summed E-state index contributed by atoms with van der Waals surface area (Å²) in [7, 11) is 0. The Kier molecular flexibility index (Phi) is 4.35. The number of ether oxygens (including phenoxy) is 1. The van der Waals surface area contributed by atoms with Gasteiger partial charge in [-0.15, -0.1) is 0 Å². The molecule has 0 aromatic carbocycles. The maximum atomic E-state index is 5.50. The fourth-order valence-corrected chi connectivity index (χ4v) is 3.95. The SMILES string of the molecule is CC1(C)CCc2c(nc(N3CCOCC3)nc2N2CCNCC2)C1. The van der Waals surface area contributed by atoms with Crippen LogP contribution in [0.15, 0.2) is 0 Å². The number of aromatic nitrogens is 2. The molecule has 1 aromatic rings. The van der Waals surface area contributed by atoms with E-state index in [4.69, 9.17) is 14.7 Å². The summed E-state index contributed by atoms with van der Waals surface area (Å²) in [6, 6.07) is 0. The van der Waals surface area contributed by atoms with Crippen molar-refractivity contribution in [3.8, 4) is 0 Å². The van der Waals surface area contributed by atoms with Crippen LogP contribution < -0.4 is 15.1 Å². The summed E-state index contributed by atoms with van der Waals surface area (Å²) in [5, 5.41) is 3.44. The molecule has 1 N–H and O–H groups in total. The number of piperazine rings is 1. The predicted molar refractivity (Wildman–Crippen MR) is 96.0 cm³/mol. The van der Waals surface area contributed by atoms with Crippen LogP contribution in [0.1, 0.15) is 31.5 Å². The van der Waals surface area contributed by atoms with Gasteiger partial charge in [0.2, 0.25) is 5.95 Å². The van der Waals surface area contributed by atoms with Crippen LogP contribution in [0.25, 0.3) is 0 Å². The van der Waals surface area contributed by atoms with E-state index in [1.54, 1.807) is 0 Å². The van der Waals surface area contributed by atoms with E-state index in [1.165, 1.54) is 23.5 Å². The van der Waals surface area contributed by atoms with Crippen molar-refractivity contribution in [3.05, 3.63) is 11.3 Å². The van der Waals surface area contributed by atoms with Crippen molar-refractivity contribution >= 4 is 11.8 Å². The second-order valence-electron chi connectivity index (χ2n) is 7.95. The third kappa shape index (κ3) is 3.22. The van der Waals surface area contributed by atoms with E-state index in [-0.39, 0.29) is 0 Å². The molecule has 24 heavy (non-hydrogen) atoms. The lowest BCUT2D eigenvalue weighted by molar-refractivity contribution is 0.122. The van der Waals surface area contributed by atoms with Gasteiger partial charge >= 0.3 is 0 Å². The van der Waals surface area contributed by atoms with Gasteiger partial charge in [-0.1, -0.05) is 13.8 Å². The van der Waals surface area contributed by atoms with Gasteiger partial charge in [0.15, 0.2) is 0 Å². The van der Waals surface area contributed by atoms with Crippen LogP contribution in [-0.4, -0.2) is 62.5 Å². The first-order valence-corrected chi connectivity index (χ1v) is 9.31. The Labute approximate surface area is 144 Å². The van der Waals surface area contributed by atoms with Gasteiger partial charge in [0.1, 0.15) is 5.82 Å². The van der Waals surface area contributed by atoms with E-state index in [1.807, 2.05) is 0 Å². The summed E-state index contributed by atoms with van der Waals surface area (Å²) in [6.45, 7) is 12.2. The second kappa shape index (κ2) is 6.48. The average Bonchev–Trinajstić information content (AvgIpc) is 2.61. The molecule has 4 rings (SSSR count). The van der Waals surface area contributed by atoms with Crippen molar-refractivity contribution < 1.29 is 4.74 Å². The minimum atomic E-state index is 0.338. The molecule has 0 radical (unpaired) electrons. The number of nitrogens with one attached hydrogen (secondary N) is 1. The largest absolute Gasteiger partial charge is 0.378 e. The highest BCUT2D eigenvalue weighted by Gasteiger charge is 2.31. The van der Waals surface area contributed by atoms with Crippen molar-refractivity contribution in [3.63, 3.8) is 0 Å². The molecule has 0 spiro atoms. The van der Waals surface area contributed by atoms with Crippen molar-refractivity contribution in [1.82, 2.24) is 15.3 Å². The van der Waals surface area contributed by atoms with Crippen LogP contribution in [0.5, 0.6) is 0 Å². The lowest BCUT2D eigenvalue weighted by Crippen LogP contribution is -2.45.